The number of pyridine rings is 1. The standard InChI is InChI=1S/C26H29N7O3S/c1-26(2,3)36-25(35)32-13-11-31(12-14-32)22-16-21(34)29-24-33(22)30-23(37-24)19-5-4-6-20(15-19)28-17-18-7-9-27-10-8-18/h4-10,15-16,28H,11-14,17H2,1-3H3. The van der Waals surface area contributed by atoms with Crippen molar-refractivity contribution in [1.29, 1.82) is 0 Å². The average molecular weight is 520 g/mol. The van der Waals surface area contributed by atoms with E-state index in [1.807, 2.05) is 57.2 Å². The zero-order valence-corrected chi connectivity index (χ0v) is 21.9. The minimum atomic E-state index is -0.540. The first-order valence-electron chi connectivity index (χ1n) is 12.1. The molecule has 0 aliphatic carbocycles. The predicted octanol–water partition coefficient (Wildman–Crippen LogP) is 3.88. The average Bonchev–Trinajstić information content (AvgIpc) is 3.31. The summed E-state index contributed by atoms with van der Waals surface area (Å²) in [7, 11) is 0. The lowest BCUT2D eigenvalue weighted by atomic mass is 10.2. The molecule has 192 valence electrons. The van der Waals surface area contributed by atoms with Crippen molar-refractivity contribution in [2.45, 2.75) is 32.9 Å². The molecule has 1 fully saturated rings. The lowest BCUT2D eigenvalue weighted by molar-refractivity contribution is 0.0240. The van der Waals surface area contributed by atoms with E-state index in [4.69, 9.17) is 9.84 Å². The van der Waals surface area contributed by atoms with E-state index >= 15 is 0 Å². The third-order valence-electron chi connectivity index (χ3n) is 5.85. The highest BCUT2D eigenvalue weighted by Crippen LogP contribution is 2.29. The molecule has 0 saturated carbocycles. The van der Waals surface area contributed by atoms with Crippen LogP contribution >= 0.6 is 11.3 Å². The van der Waals surface area contributed by atoms with Gasteiger partial charge in [-0.2, -0.15) is 14.6 Å². The maximum Gasteiger partial charge on any atom is 0.410 e. The number of hydrogen-bond donors (Lipinski definition) is 1. The molecular weight excluding hydrogens is 490 g/mol. The Morgan fingerprint density at radius 3 is 2.57 bits per heavy atom. The van der Waals surface area contributed by atoms with Gasteiger partial charge in [0.25, 0.3) is 5.56 Å². The van der Waals surface area contributed by atoms with E-state index in [0.717, 1.165) is 21.8 Å². The highest BCUT2D eigenvalue weighted by Gasteiger charge is 2.27. The summed E-state index contributed by atoms with van der Waals surface area (Å²) in [6.07, 6.45) is 3.23. The maximum absolute atomic E-state index is 12.4. The van der Waals surface area contributed by atoms with Crippen LogP contribution in [-0.4, -0.2) is 62.4 Å². The van der Waals surface area contributed by atoms with E-state index in [9.17, 15) is 9.59 Å². The number of aromatic nitrogens is 4. The Labute approximate surface area is 218 Å². The Bertz CT molecular complexity index is 1450. The molecule has 3 aromatic heterocycles. The smallest absolute Gasteiger partial charge is 0.410 e. The second kappa shape index (κ2) is 10.2. The largest absolute Gasteiger partial charge is 0.444 e. The van der Waals surface area contributed by atoms with E-state index in [-0.39, 0.29) is 11.7 Å². The van der Waals surface area contributed by atoms with Crippen molar-refractivity contribution in [3.05, 3.63) is 70.8 Å². The molecule has 0 radical (unpaired) electrons. The number of anilines is 2. The molecule has 0 atom stereocenters. The summed E-state index contributed by atoms with van der Waals surface area (Å²) >= 11 is 1.37. The fourth-order valence-corrected chi connectivity index (χ4v) is 4.95. The van der Waals surface area contributed by atoms with Gasteiger partial charge in [0.15, 0.2) is 0 Å². The summed E-state index contributed by atoms with van der Waals surface area (Å²) in [6.45, 7) is 8.36. The van der Waals surface area contributed by atoms with Gasteiger partial charge in [-0.1, -0.05) is 23.5 Å². The van der Waals surface area contributed by atoms with E-state index in [1.165, 1.54) is 17.4 Å². The van der Waals surface area contributed by atoms with Crippen LogP contribution in [0.1, 0.15) is 26.3 Å². The number of rotatable bonds is 5. The van der Waals surface area contributed by atoms with Gasteiger partial charge in [-0.3, -0.25) is 9.78 Å². The molecule has 1 aliphatic heterocycles. The van der Waals surface area contributed by atoms with Gasteiger partial charge in [-0.15, -0.1) is 0 Å². The second-order valence-electron chi connectivity index (χ2n) is 9.80. The van der Waals surface area contributed by atoms with Gasteiger partial charge in [0.1, 0.15) is 16.4 Å². The van der Waals surface area contributed by atoms with Gasteiger partial charge in [0.05, 0.1) is 0 Å². The van der Waals surface area contributed by atoms with Crippen molar-refractivity contribution in [2.75, 3.05) is 36.4 Å². The maximum atomic E-state index is 12.4. The zero-order chi connectivity index (χ0) is 26.0. The van der Waals surface area contributed by atoms with Crippen molar-refractivity contribution in [1.82, 2.24) is 24.5 Å². The van der Waals surface area contributed by atoms with E-state index in [0.29, 0.717) is 43.5 Å². The number of hydrogen-bond acceptors (Lipinski definition) is 9. The molecule has 1 amide bonds. The molecule has 1 saturated heterocycles. The first kappa shape index (κ1) is 24.7. The van der Waals surface area contributed by atoms with Crippen LogP contribution in [0.2, 0.25) is 0 Å². The number of carbonyl (C=O) groups is 1. The van der Waals surface area contributed by atoms with Crippen LogP contribution < -0.4 is 15.8 Å². The highest BCUT2D eigenvalue weighted by molar-refractivity contribution is 7.19. The number of amides is 1. The van der Waals surface area contributed by atoms with Crippen LogP contribution in [0, 0.1) is 0 Å². The number of nitrogens with one attached hydrogen (secondary N) is 1. The SMILES string of the molecule is CC(C)(C)OC(=O)N1CCN(c2cc(=O)nc3sc(-c4cccc(NCc5ccncc5)c4)nn23)CC1. The van der Waals surface area contributed by atoms with Crippen LogP contribution in [-0.2, 0) is 11.3 Å². The van der Waals surface area contributed by atoms with Gasteiger partial charge in [-0.05, 0) is 50.6 Å². The first-order valence-corrected chi connectivity index (χ1v) is 12.9. The predicted molar refractivity (Wildman–Crippen MR) is 144 cm³/mol. The Morgan fingerprint density at radius 1 is 1.08 bits per heavy atom. The highest BCUT2D eigenvalue weighted by atomic mass is 32.1. The summed E-state index contributed by atoms with van der Waals surface area (Å²) < 4.78 is 7.22. The van der Waals surface area contributed by atoms with Crippen molar-refractivity contribution < 1.29 is 9.53 Å². The fraction of sp³-hybridized carbons (Fsp3) is 0.346. The van der Waals surface area contributed by atoms with Gasteiger partial charge in [0.2, 0.25) is 4.96 Å². The summed E-state index contributed by atoms with van der Waals surface area (Å²) in [4.78, 5) is 37.4. The van der Waals surface area contributed by atoms with Crippen molar-refractivity contribution in [2.24, 2.45) is 0 Å². The van der Waals surface area contributed by atoms with Crippen molar-refractivity contribution in [3.63, 3.8) is 0 Å². The van der Waals surface area contributed by atoms with Gasteiger partial charge in [0, 0.05) is 62.4 Å². The van der Waals surface area contributed by atoms with Gasteiger partial charge < -0.3 is 19.9 Å². The van der Waals surface area contributed by atoms with Gasteiger partial charge in [-0.25, -0.2) is 4.79 Å². The third-order valence-corrected chi connectivity index (χ3v) is 6.80. The van der Waals surface area contributed by atoms with Crippen LogP contribution in [0.5, 0.6) is 0 Å². The van der Waals surface area contributed by atoms with Crippen molar-refractivity contribution in [3.8, 4) is 10.6 Å². The molecule has 1 N–H and O–H groups in total. The summed E-state index contributed by atoms with van der Waals surface area (Å²) in [5.74, 6) is 0.674. The number of fused-ring (bicyclic) bond motifs is 1. The number of benzene rings is 1. The minimum Gasteiger partial charge on any atom is -0.444 e. The molecular formula is C26H29N7O3S. The molecule has 4 heterocycles. The van der Waals surface area contributed by atoms with Crippen LogP contribution in [0.4, 0.5) is 16.3 Å². The zero-order valence-electron chi connectivity index (χ0n) is 21.0. The summed E-state index contributed by atoms with van der Waals surface area (Å²) in [5.41, 5.74) is 2.19. The molecule has 0 bridgehead atoms. The number of carbonyl (C=O) groups excluding carboxylic acids is 1. The Morgan fingerprint density at radius 2 is 1.84 bits per heavy atom. The fourth-order valence-electron chi connectivity index (χ4n) is 4.05. The van der Waals surface area contributed by atoms with E-state index < -0.39 is 5.60 Å². The van der Waals surface area contributed by atoms with Crippen LogP contribution in [0.15, 0.2) is 59.7 Å². The molecule has 37 heavy (non-hydrogen) atoms. The normalized spacial score (nSPS) is 14.1. The number of nitrogens with zero attached hydrogens (tertiary/aromatic N) is 6. The van der Waals surface area contributed by atoms with E-state index in [1.54, 1.807) is 21.8 Å². The monoisotopic (exact) mass is 519 g/mol. The minimum absolute atomic E-state index is 0.312. The summed E-state index contributed by atoms with van der Waals surface area (Å²) in [6, 6.07) is 13.5. The lowest BCUT2D eigenvalue weighted by Crippen LogP contribution is -2.50. The van der Waals surface area contributed by atoms with Crippen molar-refractivity contribution >= 4 is 33.9 Å². The molecule has 0 unspecified atom stereocenters. The quantitative estimate of drug-likeness (QED) is 0.424. The second-order valence-corrected chi connectivity index (χ2v) is 10.8. The Kier molecular flexibility index (Phi) is 6.79. The Balaban J connectivity index is 1.35. The molecule has 4 aromatic rings. The molecule has 0 spiro atoms. The first-order chi connectivity index (χ1) is 17.7. The number of ether oxygens (including phenoxy) is 1. The molecule has 1 aliphatic rings. The van der Waals surface area contributed by atoms with E-state index in [2.05, 4.69) is 20.2 Å². The summed E-state index contributed by atoms with van der Waals surface area (Å²) in [5, 5.41) is 9.01. The molecule has 11 heteroatoms. The van der Waals surface area contributed by atoms with Crippen LogP contribution in [0.3, 0.4) is 0 Å². The molecule has 5 rings (SSSR count). The Hall–Kier alpha value is -3.99. The number of piperazine rings is 1. The lowest BCUT2D eigenvalue weighted by Gasteiger charge is -2.36. The van der Waals surface area contributed by atoms with Crippen LogP contribution in [0.25, 0.3) is 15.5 Å². The topological polar surface area (TPSA) is 105 Å². The molecule has 10 nitrogen and oxygen atoms in total. The molecule has 1 aromatic carbocycles. The van der Waals surface area contributed by atoms with Gasteiger partial charge >= 0.3 is 6.09 Å². The third kappa shape index (κ3) is 5.88.